The molecule has 5 nitrogen and oxygen atoms in total. The minimum absolute atomic E-state index is 0.0437. The van der Waals surface area contributed by atoms with Gasteiger partial charge in [-0.15, -0.1) is 0 Å². The summed E-state index contributed by atoms with van der Waals surface area (Å²) in [6, 6.07) is 6.83. The summed E-state index contributed by atoms with van der Waals surface area (Å²) in [4.78, 5) is 22.9. The maximum absolute atomic E-state index is 11.6. The standard InChI is InChI=1S/C12H11N3O2/c13-7-1-3-8(4-2-7)15-10-6-11(16)9(14)5-12(10)17/h1-6,15H,13-14H2. The lowest BCUT2D eigenvalue weighted by molar-refractivity contribution is -0.115. The van der Waals surface area contributed by atoms with Crippen LogP contribution in [0.15, 0.2) is 47.8 Å². The van der Waals surface area contributed by atoms with Gasteiger partial charge in [0, 0.05) is 23.5 Å². The predicted octanol–water partition coefficient (Wildman–Crippen LogP) is 0.559. The van der Waals surface area contributed by atoms with Gasteiger partial charge in [0.25, 0.3) is 0 Å². The van der Waals surface area contributed by atoms with Crippen LogP contribution in [0.4, 0.5) is 11.4 Å². The minimum Gasteiger partial charge on any atom is -0.399 e. The lowest BCUT2D eigenvalue weighted by atomic mass is 10.1. The molecule has 0 saturated heterocycles. The highest BCUT2D eigenvalue weighted by molar-refractivity contribution is 6.20. The fourth-order valence-electron chi connectivity index (χ4n) is 1.40. The van der Waals surface area contributed by atoms with Crippen LogP contribution in [0.2, 0.25) is 0 Å². The molecule has 0 heterocycles. The summed E-state index contributed by atoms with van der Waals surface area (Å²) in [5.41, 5.74) is 12.3. The molecule has 5 heteroatoms. The van der Waals surface area contributed by atoms with E-state index in [1.807, 2.05) is 0 Å². The Hall–Kier alpha value is -2.56. The van der Waals surface area contributed by atoms with Crippen LogP contribution < -0.4 is 16.8 Å². The van der Waals surface area contributed by atoms with E-state index in [4.69, 9.17) is 11.5 Å². The second kappa shape index (κ2) is 4.13. The van der Waals surface area contributed by atoms with Crippen LogP contribution in [0.1, 0.15) is 0 Å². The Morgan fingerprint density at radius 2 is 1.53 bits per heavy atom. The molecule has 0 spiro atoms. The molecule has 1 aromatic carbocycles. The van der Waals surface area contributed by atoms with E-state index in [1.54, 1.807) is 24.3 Å². The van der Waals surface area contributed by atoms with Crippen molar-refractivity contribution in [2.45, 2.75) is 0 Å². The summed E-state index contributed by atoms with van der Waals surface area (Å²) >= 11 is 0. The van der Waals surface area contributed by atoms with E-state index in [0.717, 1.165) is 6.08 Å². The highest BCUT2D eigenvalue weighted by Gasteiger charge is 2.17. The van der Waals surface area contributed by atoms with Crippen molar-refractivity contribution in [3.05, 3.63) is 47.8 Å². The zero-order valence-electron chi connectivity index (χ0n) is 8.94. The van der Waals surface area contributed by atoms with Gasteiger partial charge in [0.05, 0.1) is 11.4 Å². The normalized spacial score (nSPS) is 15.3. The molecule has 5 N–H and O–H groups in total. The highest BCUT2D eigenvalue weighted by Crippen LogP contribution is 2.15. The Bertz CT molecular complexity index is 541. The van der Waals surface area contributed by atoms with Gasteiger partial charge in [0.2, 0.25) is 11.6 Å². The number of carbonyl (C=O) groups is 2. The van der Waals surface area contributed by atoms with E-state index in [2.05, 4.69) is 5.32 Å². The fraction of sp³-hybridized carbons (Fsp3) is 0. The molecule has 17 heavy (non-hydrogen) atoms. The molecule has 0 aromatic heterocycles. The van der Waals surface area contributed by atoms with Crippen molar-refractivity contribution >= 4 is 22.9 Å². The van der Waals surface area contributed by atoms with Crippen molar-refractivity contribution in [3.63, 3.8) is 0 Å². The Morgan fingerprint density at radius 1 is 0.882 bits per heavy atom. The third kappa shape index (κ3) is 2.34. The maximum atomic E-state index is 11.6. The molecule has 0 unspecified atom stereocenters. The van der Waals surface area contributed by atoms with Gasteiger partial charge in [-0.25, -0.2) is 0 Å². The number of nitrogens with two attached hydrogens (primary N) is 2. The number of hydrogen-bond acceptors (Lipinski definition) is 5. The van der Waals surface area contributed by atoms with E-state index in [-0.39, 0.29) is 23.0 Å². The molecule has 86 valence electrons. The predicted molar refractivity (Wildman–Crippen MR) is 64.8 cm³/mol. The zero-order valence-corrected chi connectivity index (χ0v) is 8.94. The van der Waals surface area contributed by atoms with Gasteiger partial charge in [0.1, 0.15) is 0 Å². The van der Waals surface area contributed by atoms with Crippen molar-refractivity contribution in [1.29, 1.82) is 0 Å². The molecule has 1 aromatic rings. The molecule has 0 radical (unpaired) electrons. The summed E-state index contributed by atoms with van der Waals surface area (Å²) in [5.74, 6) is -0.693. The van der Waals surface area contributed by atoms with Crippen molar-refractivity contribution in [2.24, 2.45) is 5.73 Å². The van der Waals surface area contributed by atoms with E-state index in [1.165, 1.54) is 6.08 Å². The Labute approximate surface area is 97.8 Å². The molecule has 0 amide bonds. The van der Waals surface area contributed by atoms with Gasteiger partial charge in [-0.2, -0.15) is 0 Å². The fourth-order valence-corrected chi connectivity index (χ4v) is 1.40. The third-order valence-electron chi connectivity index (χ3n) is 2.30. The molecule has 0 saturated carbocycles. The number of rotatable bonds is 2. The van der Waals surface area contributed by atoms with Crippen LogP contribution in [-0.4, -0.2) is 11.6 Å². The first-order valence-electron chi connectivity index (χ1n) is 4.96. The summed E-state index contributed by atoms with van der Waals surface area (Å²) < 4.78 is 0. The highest BCUT2D eigenvalue weighted by atomic mass is 16.1. The number of benzene rings is 1. The third-order valence-corrected chi connectivity index (χ3v) is 2.30. The van der Waals surface area contributed by atoms with Gasteiger partial charge in [0.15, 0.2) is 0 Å². The van der Waals surface area contributed by atoms with Gasteiger partial charge in [-0.3, -0.25) is 9.59 Å². The average Bonchev–Trinajstić information content (AvgIpc) is 2.29. The molecule has 1 aliphatic carbocycles. The van der Waals surface area contributed by atoms with Crippen LogP contribution in [0.5, 0.6) is 0 Å². The van der Waals surface area contributed by atoms with Gasteiger partial charge < -0.3 is 16.8 Å². The van der Waals surface area contributed by atoms with Crippen LogP contribution in [0.25, 0.3) is 0 Å². The van der Waals surface area contributed by atoms with Crippen molar-refractivity contribution in [2.75, 3.05) is 11.1 Å². The topological polar surface area (TPSA) is 98.2 Å². The minimum atomic E-state index is -0.373. The lowest BCUT2D eigenvalue weighted by Gasteiger charge is -2.12. The van der Waals surface area contributed by atoms with E-state index >= 15 is 0 Å². The second-order valence-corrected chi connectivity index (χ2v) is 3.63. The second-order valence-electron chi connectivity index (χ2n) is 3.63. The number of ketones is 2. The molecular formula is C12H11N3O2. The van der Waals surface area contributed by atoms with Crippen LogP contribution in [-0.2, 0) is 9.59 Å². The SMILES string of the molecule is NC1=CC(=O)C(Nc2ccc(N)cc2)=CC1=O. The summed E-state index contributed by atoms with van der Waals surface area (Å²) in [6.45, 7) is 0. The average molecular weight is 229 g/mol. The number of carbonyl (C=O) groups excluding carboxylic acids is 2. The molecule has 0 atom stereocenters. The molecule has 2 rings (SSSR count). The summed E-state index contributed by atoms with van der Waals surface area (Å²) in [7, 11) is 0. The van der Waals surface area contributed by atoms with Gasteiger partial charge >= 0.3 is 0 Å². The Morgan fingerprint density at radius 3 is 2.18 bits per heavy atom. The Balaban J connectivity index is 2.20. The molecule has 0 aliphatic heterocycles. The van der Waals surface area contributed by atoms with Crippen molar-refractivity contribution in [1.82, 2.24) is 0 Å². The number of allylic oxidation sites excluding steroid dienone is 2. The molecular weight excluding hydrogens is 218 g/mol. The number of anilines is 2. The first-order valence-corrected chi connectivity index (χ1v) is 4.96. The number of hydrogen-bond donors (Lipinski definition) is 3. The first kappa shape index (κ1) is 10.9. The van der Waals surface area contributed by atoms with Crippen LogP contribution in [0.3, 0.4) is 0 Å². The van der Waals surface area contributed by atoms with E-state index in [0.29, 0.717) is 11.4 Å². The molecule has 0 fully saturated rings. The molecule has 0 bridgehead atoms. The maximum Gasteiger partial charge on any atom is 0.204 e. The van der Waals surface area contributed by atoms with Gasteiger partial charge in [-0.1, -0.05) is 0 Å². The lowest BCUT2D eigenvalue weighted by Crippen LogP contribution is -2.21. The largest absolute Gasteiger partial charge is 0.399 e. The smallest absolute Gasteiger partial charge is 0.204 e. The quantitative estimate of drug-likeness (QED) is 0.508. The van der Waals surface area contributed by atoms with Crippen LogP contribution in [0, 0.1) is 0 Å². The zero-order chi connectivity index (χ0) is 12.4. The van der Waals surface area contributed by atoms with Gasteiger partial charge in [-0.05, 0) is 24.3 Å². The summed E-state index contributed by atoms with van der Waals surface area (Å²) in [6.07, 6.45) is 2.30. The number of nitrogens with one attached hydrogen (secondary N) is 1. The van der Waals surface area contributed by atoms with E-state index in [9.17, 15) is 9.59 Å². The van der Waals surface area contributed by atoms with Crippen molar-refractivity contribution < 1.29 is 9.59 Å². The summed E-state index contributed by atoms with van der Waals surface area (Å²) in [5, 5.41) is 2.84. The first-order chi connectivity index (χ1) is 8.06. The number of nitrogen functional groups attached to an aromatic ring is 1. The van der Waals surface area contributed by atoms with Crippen molar-refractivity contribution in [3.8, 4) is 0 Å². The van der Waals surface area contributed by atoms with E-state index < -0.39 is 0 Å². The monoisotopic (exact) mass is 229 g/mol. The Kier molecular flexibility index (Phi) is 2.66. The molecule has 1 aliphatic rings. The van der Waals surface area contributed by atoms with Crippen LogP contribution >= 0.6 is 0 Å².